The van der Waals surface area contributed by atoms with E-state index in [1.165, 1.54) is 11.3 Å². The quantitative estimate of drug-likeness (QED) is 0.604. The number of hydrogen-bond acceptors (Lipinski definition) is 3. The molecule has 0 bridgehead atoms. The predicted octanol–water partition coefficient (Wildman–Crippen LogP) is 4.19. The molecule has 0 atom stereocenters. The van der Waals surface area contributed by atoms with Crippen molar-refractivity contribution in [2.24, 2.45) is 0 Å². The molecule has 0 amide bonds. The summed E-state index contributed by atoms with van der Waals surface area (Å²) >= 11 is 0. The molecule has 0 saturated carbocycles. The fraction of sp³-hybridized carbons (Fsp3) is 0.389. The van der Waals surface area contributed by atoms with Crippen molar-refractivity contribution in [1.82, 2.24) is 0 Å². The molecule has 0 heterocycles. The largest absolute Gasteiger partial charge is 0.388 e. The highest BCUT2D eigenvalue weighted by Gasteiger charge is 1.97. The molecule has 21 heavy (non-hydrogen) atoms. The average molecular weight is 289 g/mol. The molecule has 3 nitrogen and oxygen atoms in total. The van der Waals surface area contributed by atoms with Crippen LogP contribution in [0.15, 0.2) is 48.6 Å². The molecule has 0 radical (unpaired) electrons. The van der Waals surface area contributed by atoms with E-state index >= 15 is 0 Å². The summed E-state index contributed by atoms with van der Waals surface area (Å²) < 4.78 is 4.75. The molecule has 1 rings (SSSR count). The summed E-state index contributed by atoms with van der Waals surface area (Å²) in [6.45, 7) is 8.62. The number of methoxy groups -OCH3 is 1. The number of ether oxygens (including phenoxy) is 1. The average Bonchev–Trinajstić information content (AvgIpc) is 2.48. The highest BCUT2D eigenvalue weighted by Crippen LogP contribution is 2.17. The van der Waals surface area contributed by atoms with Crippen LogP contribution >= 0.6 is 0 Å². The zero-order chi connectivity index (χ0) is 16.1. The SMILES string of the molecule is C=C(/C=C\COC)CC=O.CNc1cccc(C(C)C)c1. The van der Waals surface area contributed by atoms with Crippen molar-refractivity contribution in [2.45, 2.75) is 26.2 Å². The van der Waals surface area contributed by atoms with Gasteiger partial charge in [-0.25, -0.2) is 0 Å². The van der Waals surface area contributed by atoms with Crippen molar-refractivity contribution in [3.8, 4) is 0 Å². The number of rotatable bonds is 7. The minimum atomic E-state index is 0.403. The first-order valence-corrected chi connectivity index (χ1v) is 7.09. The van der Waals surface area contributed by atoms with Crippen LogP contribution in [-0.4, -0.2) is 27.1 Å². The van der Waals surface area contributed by atoms with Gasteiger partial charge in [0.25, 0.3) is 0 Å². The summed E-state index contributed by atoms with van der Waals surface area (Å²) in [6.07, 6.45) is 4.85. The van der Waals surface area contributed by atoms with E-state index in [-0.39, 0.29) is 0 Å². The van der Waals surface area contributed by atoms with E-state index in [0.717, 1.165) is 11.9 Å². The second-order valence-corrected chi connectivity index (χ2v) is 4.92. The van der Waals surface area contributed by atoms with Crippen molar-refractivity contribution in [1.29, 1.82) is 0 Å². The van der Waals surface area contributed by atoms with Gasteiger partial charge in [0.2, 0.25) is 0 Å². The van der Waals surface area contributed by atoms with Crippen LogP contribution in [0.5, 0.6) is 0 Å². The summed E-state index contributed by atoms with van der Waals surface area (Å²) in [5.41, 5.74) is 3.39. The van der Waals surface area contributed by atoms with Crippen molar-refractivity contribution in [2.75, 3.05) is 26.1 Å². The molecule has 1 aromatic rings. The number of hydrogen-bond donors (Lipinski definition) is 1. The fourth-order valence-electron chi connectivity index (χ4n) is 1.54. The van der Waals surface area contributed by atoms with Gasteiger partial charge in [0.15, 0.2) is 0 Å². The summed E-state index contributed by atoms with van der Waals surface area (Å²) in [5, 5.41) is 3.12. The third-order valence-electron chi connectivity index (χ3n) is 2.80. The molecular weight excluding hydrogens is 262 g/mol. The lowest BCUT2D eigenvalue weighted by Gasteiger charge is -2.06. The zero-order valence-corrected chi connectivity index (χ0v) is 13.6. The Kier molecular flexibility index (Phi) is 10.9. The third-order valence-corrected chi connectivity index (χ3v) is 2.80. The number of aldehydes is 1. The standard InChI is InChI=1S/C10H15N.C8H12O2/c1-8(2)9-5-4-6-10(7-9)11-3;1-8(5-6-9)4-3-7-10-2/h4-8,11H,1-3H3;3-4,6H,1,5,7H2,2H3/b;4-3-. The molecule has 0 saturated heterocycles. The summed E-state index contributed by atoms with van der Waals surface area (Å²) in [5.74, 6) is 0.614. The Hall–Kier alpha value is -1.87. The van der Waals surface area contributed by atoms with E-state index in [1.54, 1.807) is 13.2 Å². The molecular formula is C18H27NO2. The normalized spacial score (nSPS) is 10.1. The van der Waals surface area contributed by atoms with Gasteiger partial charge in [-0.3, -0.25) is 0 Å². The van der Waals surface area contributed by atoms with E-state index in [9.17, 15) is 4.79 Å². The van der Waals surface area contributed by atoms with Gasteiger partial charge in [-0.1, -0.05) is 44.7 Å². The number of benzene rings is 1. The molecule has 0 spiro atoms. The maximum Gasteiger partial charge on any atom is 0.124 e. The van der Waals surface area contributed by atoms with Crippen LogP contribution in [0.25, 0.3) is 0 Å². The molecule has 0 aliphatic carbocycles. The molecule has 0 fully saturated rings. The molecule has 0 aliphatic heterocycles. The van der Waals surface area contributed by atoms with Crippen LogP contribution in [0.4, 0.5) is 5.69 Å². The number of nitrogens with one attached hydrogen (secondary N) is 1. The maximum absolute atomic E-state index is 9.92. The smallest absolute Gasteiger partial charge is 0.124 e. The van der Waals surface area contributed by atoms with Gasteiger partial charge < -0.3 is 14.8 Å². The van der Waals surface area contributed by atoms with E-state index in [0.29, 0.717) is 18.9 Å². The van der Waals surface area contributed by atoms with Crippen LogP contribution < -0.4 is 5.32 Å². The Morgan fingerprint density at radius 3 is 2.67 bits per heavy atom. The van der Waals surface area contributed by atoms with Crippen molar-refractivity contribution >= 4 is 12.0 Å². The van der Waals surface area contributed by atoms with Gasteiger partial charge >= 0.3 is 0 Å². The molecule has 0 aromatic heterocycles. The Balaban J connectivity index is 0.000000384. The lowest BCUT2D eigenvalue weighted by atomic mass is 10.0. The highest BCUT2D eigenvalue weighted by atomic mass is 16.5. The van der Waals surface area contributed by atoms with Crippen LogP contribution in [0.3, 0.4) is 0 Å². The third kappa shape index (κ3) is 9.63. The number of carbonyl (C=O) groups is 1. The van der Waals surface area contributed by atoms with E-state index in [4.69, 9.17) is 4.74 Å². The number of carbonyl (C=O) groups excluding carboxylic acids is 1. The van der Waals surface area contributed by atoms with E-state index in [2.05, 4.69) is 50.0 Å². The first-order valence-electron chi connectivity index (χ1n) is 7.09. The first kappa shape index (κ1) is 19.1. The molecule has 3 heteroatoms. The summed E-state index contributed by atoms with van der Waals surface area (Å²) in [4.78, 5) is 9.92. The highest BCUT2D eigenvalue weighted by molar-refractivity contribution is 5.55. The Morgan fingerprint density at radius 2 is 2.14 bits per heavy atom. The molecule has 1 aromatic carbocycles. The minimum absolute atomic E-state index is 0.403. The Labute approximate surface area is 128 Å². The lowest BCUT2D eigenvalue weighted by Crippen LogP contribution is -1.91. The van der Waals surface area contributed by atoms with Crippen molar-refractivity contribution < 1.29 is 9.53 Å². The van der Waals surface area contributed by atoms with Crippen molar-refractivity contribution in [3.63, 3.8) is 0 Å². The van der Waals surface area contributed by atoms with Gasteiger partial charge in [0.05, 0.1) is 6.61 Å². The molecule has 1 N–H and O–H groups in total. The molecule has 116 valence electrons. The summed E-state index contributed by atoms with van der Waals surface area (Å²) in [7, 11) is 3.56. The minimum Gasteiger partial charge on any atom is -0.388 e. The maximum atomic E-state index is 9.92. The second kappa shape index (κ2) is 11.9. The van der Waals surface area contributed by atoms with Gasteiger partial charge in [-0.2, -0.15) is 0 Å². The number of allylic oxidation sites excluding steroid dienone is 2. The van der Waals surface area contributed by atoms with Gasteiger partial charge in [0, 0.05) is 26.3 Å². The van der Waals surface area contributed by atoms with E-state index in [1.807, 2.05) is 13.1 Å². The Morgan fingerprint density at radius 1 is 1.43 bits per heavy atom. The Bertz CT molecular complexity index is 450. The molecule has 0 unspecified atom stereocenters. The van der Waals surface area contributed by atoms with Crippen molar-refractivity contribution in [3.05, 3.63) is 54.1 Å². The van der Waals surface area contributed by atoms with Gasteiger partial charge in [-0.05, 0) is 29.2 Å². The van der Waals surface area contributed by atoms with Crippen LogP contribution in [0, 0.1) is 0 Å². The lowest BCUT2D eigenvalue weighted by molar-refractivity contribution is -0.107. The van der Waals surface area contributed by atoms with Crippen LogP contribution in [-0.2, 0) is 9.53 Å². The van der Waals surface area contributed by atoms with Gasteiger partial charge in [-0.15, -0.1) is 0 Å². The topological polar surface area (TPSA) is 38.3 Å². The van der Waals surface area contributed by atoms with Crippen LogP contribution in [0.1, 0.15) is 31.7 Å². The van der Waals surface area contributed by atoms with E-state index < -0.39 is 0 Å². The first-order chi connectivity index (χ1) is 10.0. The van der Waals surface area contributed by atoms with Crippen LogP contribution in [0.2, 0.25) is 0 Å². The summed E-state index contributed by atoms with van der Waals surface area (Å²) in [6, 6.07) is 8.50. The molecule has 0 aliphatic rings. The van der Waals surface area contributed by atoms with Gasteiger partial charge in [0.1, 0.15) is 6.29 Å². The second-order valence-electron chi connectivity index (χ2n) is 4.92. The number of anilines is 1. The fourth-order valence-corrected chi connectivity index (χ4v) is 1.54. The zero-order valence-electron chi connectivity index (χ0n) is 13.6. The monoisotopic (exact) mass is 289 g/mol. The predicted molar refractivity (Wildman–Crippen MR) is 90.9 cm³/mol.